The van der Waals surface area contributed by atoms with Crippen LogP contribution >= 0.6 is 22.9 Å². The van der Waals surface area contributed by atoms with Gasteiger partial charge in [-0.2, -0.15) is 0 Å². The van der Waals surface area contributed by atoms with Gasteiger partial charge in [0, 0.05) is 10.7 Å². The van der Waals surface area contributed by atoms with Crippen LogP contribution in [-0.4, -0.2) is 43.1 Å². The lowest BCUT2D eigenvalue weighted by Gasteiger charge is -2.32. The number of piperazine rings is 1. The lowest BCUT2D eigenvalue weighted by Crippen LogP contribution is -3.29. The van der Waals surface area contributed by atoms with Crippen molar-refractivity contribution in [3.63, 3.8) is 0 Å². The molecule has 0 radical (unpaired) electrons. The quantitative estimate of drug-likeness (QED) is 0.586. The fourth-order valence-electron chi connectivity index (χ4n) is 3.75. The van der Waals surface area contributed by atoms with Crippen molar-refractivity contribution in [2.45, 2.75) is 19.5 Å². The summed E-state index contributed by atoms with van der Waals surface area (Å²) in [5, 5.41) is 4.82. The number of quaternary nitrogens is 2. The Kier molecular flexibility index (Phi) is 5.92. The standard InChI is InChI=1S/C21H23ClN4OS/c1-15(21(27)23-17-6-4-5-16(22)13-17)26-11-9-25(10-12-26)14-20-24-18-7-2-3-8-19(18)28-20/h2-8,13,15H,9-12,14H2,1H3,(H,23,27)/p+2/t15-/m1/s1. The topological polar surface area (TPSA) is 50.9 Å². The predicted molar refractivity (Wildman–Crippen MR) is 114 cm³/mol. The van der Waals surface area contributed by atoms with E-state index in [0.717, 1.165) is 43.9 Å². The van der Waals surface area contributed by atoms with Gasteiger partial charge in [0.2, 0.25) is 0 Å². The Hall–Kier alpha value is -1.99. The molecule has 28 heavy (non-hydrogen) atoms. The molecule has 4 rings (SSSR count). The number of benzene rings is 2. The lowest BCUT2D eigenvalue weighted by molar-refractivity contribution is -1.02. The number of hydrogen-bond donors (Lipinski definition) is 3. The van der Waals surface area contributed by atoms with Crippen LogP contribution in [0.4, 0.5) is 5.69 Å². The van der Waals surface area contributed by atoms with Crippen molar-refractivity contribution >= 4 is 44.7 Å². The Bertz CT molecular complexity index is 935. The van der Waals surface area contributed by atoms with Gasteiger partial charge in [0.25, 0.3) is 5.91 Å². The van der Waals surface area contributed by atoms with E-state index in [1.54, 1.807) is 28.4 Å². The monoisotopic (exact) mass is 416 g/mol. The van der Waals surface area contributed by atoms with Crippen LogP contribution < -0.4 is 15.1 Å². The van der Waals surface area contributed by atoms with Gasteiger partial charge in [-0.15, -0.1) is 11.3 Å². The summed E-state index contributed by atoms with van der Waals surface area (Å²) >= 11 is 7.79. The van der Waals surface area contributed by atoms with E-state index < -0.39 is 0 Å². The van der Waals surface area contributed by atoms with Crippen molar-refractivity contribution < 1.29 is 14.6 Å². The van der Waals surface area contributed by atoms with Gasteiger partial charge in [-0.05, 0) is 37.3 Å². The summed E-state index contributed by atoms with van der Waals surface area (Å²) in [6.45, 7) is 7.07. The largest absolute Gasteiger partial charge is 0.321 e. The Morgan fingerprint density at radius 3 is 2.71 bits per heavy atom. The van der Waals surface area contributed by atoms with E-state index in [0.29, 0.717) is 5.02 Å². The fraction of sp³-hybridized carbons (Fsp3) is 0.333. The maximum atomic E-state index is 12.6. The van der Waals surface area contributed by atoms with Gasteiger partial charge in [0.05, 0.1) is 10.2 Å². The van der Waals surface area contributed by atoms with E-state index in [9.17, 15) is 4.79 Å². The van der Waals surface area contributed by atoms with Crippen LogP contribution in [0.5, 0.6) is 0 Å². The molecule has 1 atom stereocenters. The number of aromatic nitrogens is 1. The van der Waals surface area contributed by atoms with Crippen LogP contribution in [0.15, 0.2) is 48.5 Å². The molecule has 1 aliphatic rings. The molecular weight excluding hydrogens is 392 g/mol. The third-order valence-electron chi connectivity index (χ3n) is 5.44. The second-order valence-electron chi connectivity index (χ2n) is 7.38. The molecule has 1 amide bonds. The van der Waals surface area contributed by atoms with Crippen LogP contribution in [0.1, 0.15) is 11.9 Å². The van der Waals surface area contributed by atoms with Crippen molar-refractivity contribution in [1.29, 1.82) is 0 Å². The number of thiazole rings is 1. The van der Waals surface area contributed by atoms with Crippen LogP contribution in [0.3, 0.4) is 0 Å². The molecule has 0 saturated carbocycles. The summed E-state index contributed by atoms with van der Waals surface area (Å²) in [4.78, 5) is 20.3. The minimum atomic E-state index is -0.0806. The second-order valence-corrected chi connectivity index (χ2v) is 8.93. The highest BCUT2D eigenvalue weighted by molar-refractivity contribution is 7.18. The van der Waals surface area contributed by atoms with Crippen LogP contribution in [0, 0.1) is 0 Å². The minimum absolute atomic E-state index is 0.0480. The first-order valence-electron chi connectivity index (χ1n) is 9.67. The molecule has 1 aliphatic heterocycles. The van der Waals surface area contributed by atoms with Crippen molar-refractivity contribution in [2.24, 2.45) is 0 Å². The number of carbonyl (C=O) groups is 1. The van der Waals surface area contributed by atoms with Gasteiger partial charge >= 0.3 is 0 Å². The van der Waals surface area contributed by atoms with Gasteiger partial charge in [-0.1, -0.05) is 29.8 Å². The molecule has 0 bridgehead atoms. The molecular formula is C21H25ClN4OS+2. The number of amides is 1. The maximum absolute atomic E-state index is 12.6. The number of nitrogens with zero attached hydrogens (tertiary/aromatic N) is 1. The Balaban J connectivity index is 1.30. The first-order valence-corrected chi connectivity index (χ1v) is 10.9. The molecule has 5 nitrogen and oxygen atoms in total. The molecule has 3 aromatic rings. The van der Waals surface area contributed by atoms with Crippen molar-refractivity contribution in [2.75, 3.05) is 31.5 Å². The maximum Gasteiger partial charge on any atom is 0.282 e. The van der Waals surface area contributed by atoms with Gasteiger partial charge in [0.1, 0.15) is 37.7 Å². The zero-order valence-corrected chi connectivity index (χ0v) is 17.4. The molecule has 0 spiro atoms. The van der Waals surface area contributed by atoms with Crippen LogP contribution in [-0.2, 0) is 11.3 Å². The van der Waals surface area contributed by atoms with E-state index in [1.807, 2.05) is 25.1 Å². The smallest absolute Gasteiger partial charge is 0.282 e. The summed E-state index contributed by atoms with van der Waals surface area (Å²) in [5.74, 6) is 0.0480. The number of halogens is 1. The Morgan fingerprint density at radius 2 is 1.96 bits per heavy atom. The number of anilines is 1. The molecule has 1 aromatic heterocycles. The summed E-state index contributed by atoms with van der Waals surface area (Å²) < 4.78 is 1.26. The third kappa shape index (κ3) is 4.52. The highest BCUT2D eigenvalue weighted by Gasteiger charge is 2.31. The Morgan fingerprint density at radius 1 is 1.18 bits per heavy atom. The molecule has 1 saturated heterocycles. The number of rotatable bonds is 5. The van der Waals surface area contributed by atoms with Crippen LogP contribution in [0.25, 0.3) is 10.2 Å². The van der Waals surface area contributed by atoms with Crippen molar-refractivity contribution in [3.05, 3.63) is 58.6 Å². The van der Waals surface area contributed by atoms with E-state index in [4.69, 9.17) is 16.6 Å². The van der Waals surface area contributed by atoms with E-state index >= 15 is 0 Å². The highest BCUT2D eigenvalue weighted by atomic mass is 35.5. The van der Waals surface area contributed by atoms with Crippen molar-refractivity contribution in [1.82, 2.24) is 4.98 Å². The lowest BCUT2D eigenvalue weighted by atomic mass is 10.2. The summed E-state index contributed by atoms with van der Waals surface area (Å²) in [5.41, 5.74) is 1.85. The number of carbonyl (C=O) groups excluding carboxylic acids is 1. The van der Waals surface area contributed by atoms with Gasteiger partial charge in [-0.3, -0.25) is 4.79 Å². The first-order chi connectivity index (χ1) is 13.6. The molecule has 0 unspecified atom stereocenters. The molecule has 2 heterocycles. The molecule has 3 N–H and O–H groups in total. The first kappa shape index (κ1) is 19.3. The predicted octanol–water partition coefficient (Wildman–Crippen LogP) is 1.26. The molecule has 0 aliphatic carbocycles. The van der Waals surface area contributed by atoms with Crippen LogP contribution in [0.2, 0.25) is 5.02 Å². The second kappa shape index (κ2) is 8.57. The Labute approximate surface area is 173 Å². The number of para-hydroxylation sites is 1. The summed E-state index contributed by atoms with van der Waals surface area (Å²) in [7, 11) is 0. The fourth-order valence-corrected chi connectivity index (χ4v) is 4.98. The third-order valence-corrected chi connectivity index (χ3v) is 6.71. The molecule has 1 fully saturated rings. The van der Waals surface area contributed by atoms with E-state index in [2.05, 4.69) is 23.5 Å². The van der Waals surface area contributed by atoms with E-state index in [1.165, 1.54) is 14.6 Å². The van der Waals surface area contributed by atoms with Gasteiger partial charge < -0.3 is 15.1 Å². The zero-order valence-electron chi connectivity index (χ0n) is 15.9. The van der Waals surface area contributed by atoms with E-state index in [-0.39, 0.29) is 11.9 Å². The SMILES string of the molecule is C[C@H](C(=O)Nc1cccc(Cl)c1)[NH+]1CC[NH+](Cc2nc3ccccc3s2)CC1. The zero-order chi connectivity index (χ0) is 19.5. The molecule has 146 valence electrons. The van der Waals surface area contributed by atoms with Crippen molar-refractivity contribution in [3.8, 4) is 0 Å². The van der Waals surface area contributed by atoms with Gasteiger partial charge in [-0.25, -0.2) is 4.98 Å². The average Bonchev–Trinajstić information content (AvgIpc) is 3.10. The average molecular weight is 417 g/mol. The number of hydrogen-bond acceptors (Lipinski definition) is 3. The van der Waals surface area contributed by atoms with Gasteiger partial charge in [0.15, 0.2) is 6.04 Å². The summed E-state index contributed by atoms with van der Waals surface area (Å²) in [6, 6.07) is 15.5. The summed E-state index contributed by atoms with van der Waals surface area (Å²) in [6.07, 6.45) is 0. The number of fused-ring (bicyclic) bond motifs is 1. The number of nitrogens with one attached hydrogen (secondary N) is 3. The molecule has 7 heteroatoms. The normalized spacial score (nSPS) is 20.8. The highest BCUT2D eigenvalue weighted by Crippen LogP contribution is 2.20. The molecule has 2 aromatic carbocycles. The minimum Gasteiger partial charge on any atom is -0.321 e.